The number of rotatable bonds is 8. The number of ether oxygens (including phenoxy) is 3. The highest BCUT2D eigenvalue weighted by Crippen LogP contribution is 2.38. The summed E-state index contributed by atoms with van der Waals surface area (Å²) in [6.07, 6.45) is 1.56. The summed E-state index contributed by atoms with van der Waals surface area (Å²) < 4.78 is 17.5. The molecule has 1 N–H and O–H groups in total. The van der Waals surface area contributed by atoms with Crippen LogP contribution in [0, 0.1) is 19.3 Å². The molecule has 0 bridgehead atoms. The van der Waals surface area contributed by atoms with Gasteiger partial charge in [-0.2, -0.15) is 15.1 Å². The Morgan fingerprint density at radius 2 is 1.86 bits per heavy atom. The van der Waals surface area contributed by atoms with Crippen LogP contribution in [0.25, 0.3) is 6.08 Å². The maximum atomic E-state index is 12.6. The van der Waals surface area contributed by atoms with Gasteiger partial charge >= 0.3 is 0 Å². The van der Waals surface area contributed by atoms with Gasteiger partial charge in [0.05, 0.1) is 22.2 Å². The standard InChI is InChI=1S/C25H25ClN4O4S/c1-5-32-21-13-17(11-18-23(27)30-25(28-24(18)31)35-16(4)29-30)12-19(26)22(21)34-9-8-33-20-7-6-14(2)10-15(20)3/h6-7,10-13,27H,5,8-9H2,1-4H3. The van der Waals surface area contributed by atoms with Gasteiger partial charge in [0, 0.05) is 0 Å². The van der Waals surface area contributed by atoms with Crippen LogP contribution in [0.1, 0.15) is 30.5 Å². The molecule has 10 heteroatoms. The second kappa shape index (κ2) is 10.5. The lowest BCUT2D eigenvalue weighted by molar-refractivity contribution is -0.114. The number of carbonyl (C=O) groups is 1. The number of aryl methyl sites for hydroxylation is 2. The molecule has 0 saturated carbocycles. The van der Waals surface area contributed by atoms with E-state index in [2.05, 4.69) is 16.2 Å². The van der Waals surface area contributed by atoms with E-state index in [1.165, 1.54) is 22.3 Å². The van der Waals surface area contributed by atoms with Crippen LogP contribution >= 0.6 is 23.4 Å². The lowest BCUT2D eigenvalue weighted by Crippen LogP contribution is -2.35. The summed E-state index contributed by atoms with van der Waals surface area (Å²) in [6.45, 7) is 8.68. The highest BCUT2D eigenvalue weighted by Gasteiger charge is 2.34. The third-order valence-corrected chi connectivity index (χ3v) is 6.22. The zero-order valence-electron chi connectivity index (χ0n) is 19.8. The molecule has 0 radical (unpaired) electrons. The molecule has 2 heterocycles. The highest BCUT2D eigenvalue weighted by molar-refractivity contribution is 8.26. The number of amides is 1. The molecule has 0 spiro atoms. The maximum absolute atomic E-state index is 12.6. The molecule has 2 aromatic carbocycles. The van der Waals surface area contributed by atoms with Crippen LogP contribution in [-0.2, 0) is 4.79 Å². The lowest BCUT2D eigenvalue weighted by atomic mass is 10.1. The minimum atomic E-state index is -0.503. The predicted octanol–water partition coefficient (Wildman–Crippen LogP) is 5.45. The predicted molar refractivity (Wildman–Crippen MR) is 140 cm³/mol. The fourth-order valence-electron chi connectivity index (χ4n) is 3.59. The van der Waals surface area contributed by atoms with Crippen LogP contribution in [0.3, 0.4) is 0 Å². The number of thioether (sulfide) groups is 1. The van der Waals surface area contributed by atoms with Crippen LogP contribution in [0.5, 0.6) is 17.2 Å². The molecule has 0 aliphatic carbocycles. The van der Waals surface area contributed by atoms with E-state index in [0.717, 1.165) is 11.3 Å². The van der Waals surface area contributed by atoms with E-state index in [0.29, 0.717) is 45.5 Å². The van der Waals surface area contributed by atoms with Gasteiger partial charge in [0.25, 0.3) is 5.91 Å². The van der Waals surface area contributed by atoms with Crippen molar-refractivity contribution >= 4 is 51.4 Å². The molecule has 0 atom stereocenters. The smallest absolute Gasteiger partial charge is 0.283 e. The number of nitrogens with one attached hydrogen (secondary N) is 1. The first kappa shape index (κ1) is 24.8. The van der Waals surface area contributed by atoms with Crippen LogP contribution in [-0.4, -0.2) is 46.8 Å². The third-order valence-electron chi connectivity index (χ3n) is 5.12. The largest absolute Gasteiger partial charge is 0.490 e. The average Bonchev–Trinajstić information content (AvgIpc) is 3.17. The fourth-order valence-corrected chi connectivity index (χ4v) is 4.59. The van der Waals surface area contributed by atoms with Gasteiger partial charge in [-0.3, -0.25) is 10.2 Å². The monoisotopic (exact) mass is 512 g/mol. The van der Waals surface area contributed by atoms with Crippen molar-refractivity contribution in [3.8, 4) is 17.2 Å². The van der Waals surface area contributed by atoms with Crippen molar-refractivity contribution in [2.24, 2.45) is 10.1 Å². The molecule has 4 rings (SSSR count). The van der Waals surface area contributed by atoms with Gasteiger partial charge in [0.15, 0.2) is 17.3 Å². The van der Waals surface area contributed by atoms with E-state index in [4.69, 9.17) is 31.2 Å². The van der Waals surface area contributed by atoms with Crippen molar-refractivity contribution in [2.45, 2.75) is 27.7 Å². The fraction of sp³-hybridized carbons (Fsp3) is 0.280. The van der Waals surface area contributed by atoms with Crippen LogP contribution in [0.2, 0.25) is 5.02 Å². The summed E-state index contributed by atoms with van der Waals surface area (Å²) in [5, 5.41) is 15.4. The molecule has 2 aliphatic heterocycles. The summed E-state index contributed by atoms with van der Waals surface area (Å²) in [4.78, 5) is 16.6. The van der Waals surface area contributed by atoms with Crippen LogP contribution in [0.4, 0.5) is 0 Å². The third kappa shape index (κ3) is 5.52. The molecule has 0 fully saturated rings. The second-order valence-electron chi connectivity index (χ2n) is 7.87. The Morgan fingerprint density at radius 3 is 2.60 bits per heavy atom. The molecule has 0 aromatic heterocycles. The molecule has 182 valence electrons. The molecular formula is C25H25ClN4O4S. The van der Waals surface area contributed by atoms with Crippen molar-refractivity contribution < 1.29 is 19.0 Å². The van der Waals surface area contributed by atoms with Gasteiger partial charge in [0.1, 0.15) is 19.0 Å². The van der Waals surface area contributed by atoms with Crippen molar-refractivity contribution in [3.05, 3.63) is 57.6 Å². The Kier molecular flexibility index (Phi) is 7.47. The summed E-state index contributed by atoms with van der Waals surface area (Å²) in [7, 11) is 0. The number of carbonyl (C=O) groups excluding carboxylic acids is 1. The Hall–Kier alpha value is -3.30. The number of benzene rings is 2. The average molecular weight is 513 g/mol. The molecule has 2 aliphatic rings. The highest BCUT2D eigenvalue weighted by atomic mass is 35.5. The first-order valence-corrected chi connectivity index (χ1v) is 12.2. The molecule has 0 saturated heterocycles. The van der Waals surface area contributed by atoms with Crippen molar-refractivity contribution in [3.63, 3.8) is 0 Å². The van der Waals surface area contributed by atoms with Crippen LogP contribution < -0.4 is 14.2 Å². The summed E-state index contributed by atoms with van der Waals surface area (Å²) in [6, 6.07) is 9.38. The SMILES string of the molecule is CCOc1cc(C=C2C(=N)N3N=C(C)SC3=NC2=O)cc(Cl)c1OCCOc1ccc(C)cc1C. The van der Waals surface area contributed by atoms with Crippen molar-refractivity contribution in [2.75, 3.05) is 19.8 Å². The first-order valence-electron chi connectivity index (χ1n) is 11.0. The minimum absolute atomic E-state index is 0.0395. The van der Waals surface area contributed by atoms with Gasteiger partial charge in [-0.15, -0.1) is 0 Å². The molecule has 35 heavy (non-hydrogen) atoms. The summed E-state index contributed by atoms with van der Waals surface area (Å²) in [5.41, 5.74) is 2.93. The van der Waals surface area contributed by atoms with Crippen molar-refractivity contribution in [1.29, 1.82) is 5.41 Å². The first-order chi connectivity index (χ1) is 16.8. The van der Waals surface area contributed by atoms with Gasteiger partial charge in [-0.1, -0.05) is 29.3 Å². The Balaban J connectivity index is 1.51. The normalized spacial score (nSPS) is 16.3. The number of hydrogen-bond acceptors (Lipinski definition) is 7. The quantitative estimate of drug-likeness (QED) is 0.373. The van der Waals surface area contributed by atoms with E-state index < -0.39 is 5.91 Å². The molecule has 8 nitrogen and oxygen atoms in total. The molecule has 2 aromatic rings. The lowest BCUT2D eigenvalue weighted by Gasteiger charge is -2.20. The van der Waals surface area contributed by atoms with Gasteiger partial charge in [-0.25, -0.2) is 0 Å². The summed E-state index contributed by atoms with van der Waals surface area (Å²) in [5.74, 6) is 1.09. The number of hydrogen-bond donors (Lipinski definition) is 1. The van der Waals surface area contributed by atoms with Crippen LogP contribution in [0.15, 0.2) is 46.0 Å². The van der Waals surface area contributed by atoms with E-state index >= 15 is 0 Å². The Morgan fingerprint density at radius 1 is 1.09 bits per heavy atom. The Labute approximate surface area is 213 Å². The summed E-state index contributed by atoms with van der Waals surface area (Å²) >= 11 is 7.79. The molecule has 0 unspecified atom stereocenters. The van der Waals surface area contributed by atoms with E-state index in [1.54, 1.807) is 25.1 Å². The van der Waals surface area contributed by atoms with Crippen molar-refractivity contribution in [1.82, 2.24) is 5.01 Å². The zero-order chi connectivity index (χ0) is 25.1. The van der Waals surface area contributed by atoms with E-state index in [-0.39, 0.29) is 18.0 Å². The topological polar surface area (TPSA) is 96.6 Å². The van der Waals surface area contributed by atoms with Gasteiger partial charge in [-0.05, 0) is 74.9 Å². The van der Waals surface area contributed by atoms with Gasteiger partial charge < -0.3 is 14.2 Å². The van der Waals surface area contributed by atoms with E-state index in [9.17, 15) is 4.79 Å². The minimum Gasteiger partial charge on any atom is -0.490 e. The molecule has 1 amide bonds. The van der Waals surface area contributed by atoms with E-state index in [1.807, 2.05) is 32.9 Å². The number of nitrogens with zero attached hydrogens (tertiary/aromatic N) is 3. The maximum Gasteiger partial charge on any atom is 0.283 e. The number of aliphatic imine (C=N–C) groups is 1. The number of fused-ring (bicyclic) bond motifs is 1. The number of hydrazone groups is 1. The Bertz CT molecular complexity index is 1290. The second-order valence-corrected chi connectivity index (χ2v) is 9.44. The number of amidine groups is 2. The zero-order valence-corrected chi connectivity index (χ0v) is 21.4. The molecular weight excluding hydrogens is 488 g/mol. The number of halogens is 1. The van der Waals surface area contributed by atoms with Gasteiger partial charge in [0.2, 0.25) is 5.17 Å².